The third kappa shape index (κ3) is 5.07. The third-order valence-electron chi connectivity index (χ3n) is 4.95. The van der Waals surface area contributed by atoms with Gasteiger partial charge in [0, 0.05) is 5.02 Å². The Morgan fingerprint density at radius 2 is 1.71 bits per heavy atom. The zero-order valence-electron chi connectivity index (χ0n) is 17.8. The van der Waals surface area contributed by atoms with E-state index < -0.39 is 23.4 Å². The monoisotopic (exact) mass is 486 g/mol. The predicted molar refractivity (Wildman–Crippen MR) is 124 cm³/mol. The van der Waals surface area contributed by atoms with Gasteiger partial charge in [-0.3, -0.25) is 4.79 Å². The maximum Gasteiger partial charge on any atom is 0.435 e. The van der Waals surface area contributed by atoms with Gasteiger partial charge in [0.05, 0.1) is 18.4 Å². The number of carbonyl (C=O) groups is 1. The third-order valence-corrected chi connectivity index (χ3v) is 5.21. The van der Waals surface area contributed by atoms with Crippen LogP contribution in [0.15, 0.2) is 83.5 Å². The average molecular weight is 487 g/mol. The fourth-order valence-corrected chi connectivity index (χ4v) is 3.43. The Labute approximate surface area is 198 Å². The molecule has 0 atom stereocenters. The highest BCUT2D eigenvalue weighted by atomic mass is 35.5. The molecule has 0 saturated heterocycles. The minimum atomic E-state index is -4.83. The number of nitrogens with zero attached hydrogens (tertiary/aromatic N) is 2. The van der Waals surface area contributed by atoms with Crippen molar-refractivity contribution in [3.63, 3.8) is 0 Å². The number of alkyl halides is 3. The first-order valence-corrected chi connectivity index (χ1v) is 10.5. The lowest BCUT2D eigenvalue weighted by Gasteiger charge is -2.12. The summed E-state index contributed by atoms with van der Waals surface area (Å²) >= 11 is 5.84. The summed E-state index contributed by atoms with van der Waals surface area (Å²) < 4.78 is 52.2. The summed E-state index contributed by atoms with van der Waals surface area (Å²) in [6.07, 6.45) is -3.69. The summed E-state index contributed by atoms with van der Waals surface area (Å²) in [5.41, 5.74) is -0.428. The number of benzene rings is 3. The number of ether oxygens (including phenoxy) is 2. The van der Waals surface area contributed by atoms with Crippen molar-refractivity contribution < 1.29 is 27.4 Å². The molecule has 0 unspecified atom stereocenters. The van der Waals surface area contributed by atoms with Crippen LogP contribution in [0.2, 0.25) is 5.02 Å². The van der Waals surface area contributed by atoms with Gasteiger partial charge < -0.3 is 9.47 Å². The average Bonchev–Trinajstić information content (AvgIpc) is 3.15. The molecule has 0 N–H and O–H groups in total. The van der Waals surface area contributed by atoms with Crippen LogP contribution >= 0.6 is 11.6 Å². The van der Waals surface area contributed by atoms with Crippen LogP contribution in [0.25, 0.3) is 6.08 Å². The number of carbonyl (C=O) groups excluding carboxylic acids is 1. The second kappa shape index (κ2) is 9.61. The minimum absolute atomic E-state index is 0.168. The second-order valence-corrected chi connectivity index (χ2v) is 7.72. The van der Waals surface area contributed by atoms with Gasteiger partial charge in [-0.05, 0) is 53.6 Å². The van der Waals surface area contributed by atoms with Crippen LogP contribution < -0.4 is 14.5 Å². The highest BCUT2D eigenvalue weighted by molar-refractivity contribution is 6.34. The zero-order chi connectivity index (χ0) is 24.3. The fraction of sp³-hybridized carbons (Fsp3) is 0.120. The molecule has 0 saturated carbocycles. The second-order valence-electron chi connectivity index (χ2n) is 7.28. The van der Waals surface area contributed by atoms with Crippen molar-refractivity contribution in [2.24, 2.45) is 5.10 Å². The van der Waals surface area contributed by atoms with E-state index in [0.29, 0.717) is 27.1 Å². The lowest BCUT2D eigenvalue weighted by Crippen LogP contribution is -2.25. The number of hydrazone groups is 1. The van der Waals surface area contributed by atoms with Crippen LogP contribution in [0, 0.1) is 0 Å². The quantitative estimate of drug-likeness (QED) is 0.385. The molecule has 5 nitrogen and oxygen atoms in total. The van der Waals surface area contributed by atoms with Crippen LogP contribution in [0.4, 0.5) is 18.9 Å². The molecule has 174 valence electrons. The van der Waals surface area contributed by atoms with Gasteiger partial charge >= 0.3 is 6.18 Å². The standard InChI is InChI=1S/C25H18ClF3N2O3/c1-33-22-14-17(7-12-21(22)34-15-16-5-3-2-4-6-16)13-20-23(25(27,28)29)30-31(24(20)32)19-10-8-18(26)9-11-19/h2-14H,15H2,1H3. The molecule has 4 rings (SSSR count). The lowest BCUT2D eigenvalue weighted by atomic mass is 10.1. The minimum Gasteiger partial charge on any atom is -0.493 e. The Morgan fingerprint density at radius 1 is 1.00 bits per heavy atom. The summed E-state index contributed by atoms with van der Waals surface area (Å²) in [5, 5.41) is 4.64. The molecule has 0 aliphatic carbocycles. The summed E-state index contributed by atoms with van der Waals surface area (Å²) in [5.74, 6) is -0.174. The van der Waals surface area contributed by atoms with E-state index in [1.807, 2.05) is 30.3 Å². The number of anilines is 1. The molecule has 0 aromatic heterocycles. The first-order valence-electron chi connectivity index (χ1n) is 10.1. The van der Waals surface area contributed by atoms with Crippen molar-refractivity contribution in [3.05, 3.63) is 94.5 Å². The van der Waals surface area contributed by atoms with E-state index in [1.54, 1.807) is 12.1 Å². The van der Waals surface area contributed by atoms with Gasteiger partial charge in [0.25, 0.3) is 5.91 Å². The summed E-state index contributed by atoms with van der Waals surface area (Å²) in [7, 11) is 1.42. The van der Waals surface area contributed by atoms with Gasteiger partial charge in [-0.2, -0.15) is 23.3 Å². The van der Waals surface area contributed by atoms with E-state index in [0.717, 1.165) is 11.6 Å². The van der Waals surface area contributed by atoms with Crippen molar-refractivity contribution in [2.75, 3.05) is 12.1 Å². The van der Waals surface area contributed by atoms with Crippen molar-refractivity contribution in [2.45, 2.75) is 12.8 Å². The van der Waals surface area contributed by atoms with E-state index in [9.17, 15) is 18.0 Å². The van der Waals surface area contributed by atoms with Gasteiger partial charge in [-0.25, -0.2) is 0 Å². The largest absolute Gasteiger partial charge is 0.493 e. The van der Waals surface area contributed by atoms with E-state index in [-0.39, 0.29) is 12.3 Å². The Kier molecular flexibility index (Phi) is 6.61. The molecule has 3 aromatic rings. The van der Waals surface area contributed by atoms with Crippen molar-refractivity contribution in [1.29, 1.82) is 0 Å². The highest BCUT2D eigenvalue weighted by Crippen LogP contribution is 2.35. The zero-order valence-corrected chi connectivity index (χ0v) is 18.6. The number of amides is 1. The smallest absolute Gasteiger partial charge is 0.435 e. The molecule has 9 heteroatoms. The molecule has 34 heavy (non-hydrogen) atoms. The summed E-state index contributed by atoms with van der Waals surface area (Å²) in [4.78, 5) is 12.9. The van der Waals surface area contributed by atoms with E-state index in [2.05, 4.69) is 5.10 Å². The Balaban J connectivity index is 1.64. The van der Waals surface area contributed by atoms with Crippen LogP contribution in [0.5, 0.6) is 11.5 Å². The molecular weight excluding hydrogens is 469 g/mol. The first-order chi connectivity index (χ1) is 16.3. The molecule has 0 fully saturated rings. The fourth-order valence-electron chi connectivity index (χ4n) is 3.31. The Morgan fingerprint density at radius 3 is 2.35 bits per heavy atom. The van der Waals surface area contributed by atoms with Crippen molar-refractivity contribution in [1.82, 2.24) is 0 Å². The molecule has 0 bridgehead atoms. The summed E-state index contributed by atoms with van der Waals surface area (Å²) in [6, 6.07) is 19.9. The molecule has 1 heterocycles. The first kappa shape index (κ1) is 23.4. The van der Waals surface area contributed by atoms with E-state index >= 15 is 0 Å². The van der Waals surface area contributed by atoms with Crippen LogP contribution in [-0.4, -0.2) is 24.9 Å². The Bertz CT molecular complexity index is 1260. The van der Waals surface area contributed by atoms with Gasteiger partial charge in [0.1, 0.15) is 6.61 Å². The van der Waals surface area contributed by atoms with E-state index in [4.69, 9.17) is 21.1 Å². The molecule has 1 amide bonds. The number of rotatable bonds is 6. The molecule has 0 spiro atoms. The van der Waals surface area contributed by atoms with Crippen LogP contribution in [-0.2, 0) is 11.4 Å². The van der Waals surface area contributed by atoms with Crippen LogP contribution in [0.3, 0.4) is 0 Å². The topological polar surface area (TPSA) is 51.1 Å². The normalized spacial score (nSPS) is 15.0. The number of halogens is 4. The molecule has 1 aliphatic heterocycles. The lowest BCUT2D eigenvalue weighted by molar-refractivity contribution is -0.114. The molecule has 1 aliphatic rings. The maximum atomic E-state index is 13.7. The van der Waals surface area contributed by atoms with Gasteiger partial charge in [-0.15, -0.1) is 0 Å². The van der Waals surface area contributed by atoms with Gasteiger partial charge in [0.15, 0.2) is 17.2 Å². The number of methoxy groups -OCH3 is 1. The Hall–Kier alpha value is -3.78. The molecule has 0 radical (unpaired) electrons. The maximum absolute atomic E-state index is 13.7. The number of hydrogen-bond acceptors (Lipinski definition) is 4. The van der Waals surface area contributed by atoms with Crippen molar-refractivity contribution in [3.8, 4) is 11.5 Å². The molecule has 3 aromatic carbocycles. The van der Waals surface area contributed by atoms with Gasteiger partial charge in [0.2, 0.25) is 0 Å². The predicted octanol–water partition coefficient (Wildman–Crippen LogP) is 6.28. The van der Waals surface area contributed by atoms with Gasteiger partial charge in [-0.1, -0.05) is 48.0 Å². The van der Waals surface area contributed by atoms with E-state index in [1.165, 1.54) is 37.4 Å². The number of hydrogen-bond donors (Lipinski definition) is 0. The summed E-state index contributed by atoms with van der Waals surface area (Å²) in [6.45, 7) is 0.289. The van der Waals surface area contributed by atoms with Crippen LogP contribution in [0.1, 0.15) is 11.1 Å². The molecular formula is C25H18ClF3N2O3. The highest BCUT2D eigenvalue weighted by Gasteiger charge is 2.46. The van der Waals surface area contributed by atoms with Crippen molar-refractivity contribution >= 4 is 35.0 Å². The SMILES string of the molecule is COc1cc(C=C2C(=O)N(c3ccc(Cl)cc3)N=C2C(F)(F)F)ccc1OCc1ccccc1.